The summed E-state index contributed by atoms with van der Waals surface area (Å²) in [6.45, 7) is 1.52. The van der Waals surface area contributed by atoms with Crippen LogP contribution in [-0.4, -0.2) is 48.6 Å². The van der Waals surface area contributed by atoms with Gasteiger partial charge < -0.3 is 15.7 Å². The summed E-state index contributed by atoms with van der Waals surface area (Å²) < 4.78 is 23.2. The van der Waals surface area contributed by atoms with E-state index in [0.29, 0.717) is 12.8 Å². The van der Waals surface area contributed by atoms with Gasteiger partial charge in [0.05, 0.1) is 11.0 Å². The first-order valence-corrected chi connectivity index (χ1v) is 8.48. The van der Waals surface area contributed by atoms with Crippen molar-refractivity contribution in [2.45, 2.75) is 43.4 Å². The van der Waals surface area contributed by atoms with Crippen molar-refractivity contribution in [3.63, 3.8) is 0 Å². The number of carboxylic acids is 1. The zero-order valence-corrected chi connectivity index (χ0v) is 12.2. The summed E-state index contributed by atoms with van der Waals surface area (Å²) in [5.41, 5.74) is -1.28. The highest BCUT2D eigenvalue weighted by molar-refractivity contribution is 7.92. The number of aliphatic carboxylic acids is 1. The van der Waals surface area contributed by atoms with Crippen molar-refractivity contribution in [2.24, 2.45) is 5.92 Å². The van der Waals surface area contributed by atoms with Gasteiger partial charge in [0.15, 0.2) is 9.84 Å². The monoisotopic (exact) mass is 304 g/mol. The molecule has 1 aliphatic carbocycles. The SMILES string of the molecule is CC(NC(=O)NCC1CCCS1(=O)=O)(C(=O)O)C1CC1. The average molecular weight is 304 g/mol. The number of carbonyl (C=O) groups excluding carboxylic acids is 1. The Bertz CT molecular complexity index is 514. The maximum Gasteiger partial charge on any atom is 0.329 e. The van der Waals surface area contributed by atoms with Crippen molar-refractivity contribution < 1.29 is 23.1 Å². The smallest absolute Gasteiger partial charge is 0.329 e. The zero-order valence-electron chi connectivity index (χ0n) is 11.4. The first kappa shape index (κ1) is 15.1. The van der Waals surface area contributed by atoms with Crippen LogP contribution in [0, 0.1) is 5.92 Å². The Hall–Kier alpha value is -1.31. The van der Waals surface area contributed by atoms with Crippen LogP contribution in [0.5, 0.6) is 0 Å². The summed E-state index contributed by atoms with van der Waals surface area (Å²) in [7, 11) is -3.11. The third-order valence-corrected chi connectivity index (χ3v) is 6.44. The molecule has 1 saturated heterocycles. The maximum atomic E-state index is 11.8. The molecule has 114 valence electrons. The molecule has 2 unspecified atom stereocenters. The Morgan fingerprint density at radius 2 is 1.95 bits per heavy atom. The standard InChI is InChI=1S/C12H20N2O5S/c1-12(10(15)16,8-4-5-8)14-11(17)13-7-9-3-2-6-20(9,18)19/h8-9H,2-7H2,1H3,(H,15,16)(H2,13,14,17). The van der Waals surface area contributed by atoms with Crippen LogP contribution >= 0.6 is 0 Å². The lowest BCUT2D eigenvalue weighted by Gasteiger charge is -2.26. The summed E-state index contributed by atoms with van der Waals surface area (Å²) in [5, 5.41) is 13.6. The highest BCUT2D eigenvalue weighted by Gasteiger charge is 2.48. The van der Waals surface area contributed by atoms with Crippen LogP contribution in [0.4, 0.5) is 4.79 Å². The molecule has 3 N–H and O–H groups in total. The van der Waals surface area contributed by atoms with E-state index in [4.69, 9.17) is 0 Å². The van der Waals surface area contributed by atoms with Crippen molar-refractivity contribution in [3.05, 3.63) is 0 Å². The van der Waals surface area contributed by atoms with E-state index < -0.39 is 32.6 Å². The topological polar surface area (TPSA) is 113 Å². The third kappa shape index (κ3) is 3.05. The third-order valence-electron chi connectivity index (χ3n) is 4.16. The molecule has 0 radical (unpaired) electrons. The zero-order chi connectivity index (χ0) is 15.0. The molecule has 2 rings (SSSR count). The minimum absolute atomic E-state index is 0.0362. The van der Waals surface area contributed by atoms with E-state index in [1.807, 2.05) is 0 Å². The molecular formula is C12H20N2O5S. The van der Waals surface area contributed by atoms with Crippen LogP contribution < -0.4 is 10.6 Å². The van der Waals surface area contributed by atoms with Gasteiger partial charge in [-0.1, -0.05) is 0 Å². The molecule has 8 heteroatoms. The average Bonchev–Trinajstić information content (AvgIpc) is 3.12. The second-order valence-electron chi connectivity index (χ2n) is 5.75. The van der Waals surface area contributed by atoms with Crippen LogP contribution in [0.25, 0.3) is 0 Å². The Balaban J connectivity index is 1.88. The molecule has 1 aliphatic heterocycles. The molecule has 2 aliphatic rings. The summed E-state index contributed by atoms with van der Waals surface area (Å²) in [5.74, 6) is -0.958. The number of sulfone groups is 1. The molecule has 0 spiro atoms. The highest BCUT2D eigenvalue weighted by Crippen LogP contribution is 2.39. The molecule has 0 bridgehead atoms. The number of carboxylic acid groups (broad SMARTS) is 1. The molecule has 20 heavy (non-hydrogen) atoms. The van der Waals surface area contributed by atoms with Crippen molar-refractivity contribution in [3.8, 4) is 0 Å². The maximum absolute atomic E-state index is 11.8. The van der Waals surface area contributed by atoms with E-state index in [0.717, 1.165) is 12.8 Å². The fraction of sp³-hybridized carbons (Fsp3) is 0.833. The fourth-order valence-electron chi connectivity index (χ4n) is 2.56. The van der Waals surface area contributed by atoms with E-state index in [-0.39, 0.29) is 18.2 Å². The second-order valence-corrected chi connectivity index (χ2v) is 8.15. The molecule has 0 aromatic carbocycles. The van der Waals surface area contributed by atoms with Gasteiger partial charge in [0.1, 0.15) is 5.54 Å². The number of nitrogens with one attached hydrogen (secondary N) is 2. The summed E-state index contributed by atoms with van der Waals surface area (Å²) in [6, 6.07) is -0.621. The molecule has 0 aromatic rings. The molecular weight excluding hydrogens is 284 g/mol. The van der Waals surface area contributed by atoms with Crippen molar-refractivity contribution >= 4 is 21.8 Å². The quantitative estimate of drug-likeness (QED) is 0.667. The number of hydrogen-bond donors (Lipinski definition) is 3. The van der Waals surface area contributed by atoms with Crippen LogP contribution in [-0.2, 0) is 14.6 Å². The molecule has 1 heterocycles. The minimum Gasteiger partial charge on any atom is -0.480 e. The predicted octanol–water partition coefficient (Wildman–Crippen LogP) is 0.116. The number of rotatable bonds is 5. The molecule has 0 aromatic heterocycles. The first-order chi connectivity index (χ1) is 9.25. The van der Waals surface area contributed by atoms with Gasteiger partial charge in [-0.05, 0) is 38.5 Å². The molecule has 2 amide bonds. The van der Waals surface area contributed by atoms with Gasteiger partial charge in [0.2, 0.25) is 0 Å². The lowest BCUT2D eigenvalue weighted by Crippen LogP contribution is -2.57. The van der Waals surface area contributed by atoms with E-state index in [9.17, 15) is 23.1 Å². The van der Waals surface area contributed by atoms with E-state index in [1.54, 1.807) is 0 Å². The van der Waals surface area contributed by atoms with Crippen molar-refractivity contribution in [1.82, 2.24) is 10.6 Å². The van der Waals surface area contributed by atoms with Crippen molar-refractivity contribution in [2.75, 3.05) is 12.3 Å². The van der Waals surface area contributed by atoms with E-state index in [2.05, 4.69) is 10.6 Å². The van der Waals surface area contributed by atoms with Crippen molar-refractivity contribution in [1.29, 1.82) is 0 Å². The Morgan fingerprint density at radius 1 is 1.30 bits per heavy atom. The Labute approximate surface area is 118 Å². The molecule has 1 saturated carbocycles. The summed E-state index contributed by atoms with van der Waals surface area (Å²) >= 11 is 0. The van der Waals surface area contributed by atoms with Gasteiger partial charge >= 0.3 is 12.0 Å². The van der Waals surface area contributed by atoms with Crippen LogP contribution in [0.1, 0.15) is 32.6 Å². The normalized spacial score (nSPS) is 27.6. The van der Waals surface area contributed by atoms with Gasteiger partial charge in [-0.15, -0.1) is 0 Å². The second kappa shape index (κ2) is 5.23. The van der Waals surface area contributed by atoms with E-state index >= 15 is 0 Å². The summed E-state index contributed by atoms with van der Waals surface area (Å²) in [6.07, 6.45) is 2.72. The highest BCUT2D eigenvalue weighted by atomic mass is 32.2. The lowest BCUT2D eigenvalue weighted by molar-refractivity contribution is -0.144. The van der Waals surface area contributed by atoms with Crippen LogP contribution in [0.3, 0.4) is 0 Å². The number of urea groups is 1. The first-order valence-electron chi connectivity index (χ1n) is 6.76. The molecule has 2 fully saturated rings. The molecule has 2 atom stereocenters. The lowest BCUT2D eigenvalue weighted by atomic mass is 9.96. The Kier molecular flexibility index (Phi) is 3.95. The van der Waals surface area contributed by atoms with Crippen LogP contribution in [0.15, 0.2) is 0 Å². The Morgan fingerprint density at radius 3 is 2.40 bits per heavy atom. The van der Waals surface area contributed by atoms with Gasteiger partial charge in [0.25, 0.3) is 0 Å². The predicted molar refractivity (Wildman–Crippen MR) is 72.1 cm³/mol. The van der Waals surface area contributed by atoms with Crippen LogP contribution in [0.2, 0.25) is 0 Å². The molecule has 7 nitrogen and oxygen atoms in total. The fourth-order valence-corrected chi connectivity index (χ4v) is 4.33. The summed E-state index contributed by atoms with van der Waals surface area (Å²) in [4.78, 5) is 23.0. The van der Waals surface area contributed by atoms with Gasteiger partial charge in [-0.3, -0.25) is 0 Å². The number of amides is 2. The largest absolute Gasteiger partial charge is 0.480 e. The van der Waals surface area contributed by atoms with Gasteiger partial charge in [0, 0.05) is 6.54 Å². The number of carbonyl (C=O) groups is 2. The van der Waals surface area contributed by atoms with Gasteiger partial charge in [-0.25, -0.2) is 18.0 Å². The minimum atomic E-state index is -3.11. The van der Waals surface area contributed by atoms with Gasteiger partial charge in [-0.2, -0.15) is 0 Å². The number of hydrogen-bond acceptors (Lipinski definition) is 4. The van der Waals surface area contributed by atoms with E-state index in [1.165, 1.54) is 6.92 Å².